The van der Waals surface area contributed by atoms with Crippen LogP contribution in [-0.2, 0) is 6.42 Å². The molecule has 0 atom stereocenters. The number of carboxylic acids is 1. The summed E-state index contributed by atoms with van der Waals surface area (Å²) in [6, 6.07) is 8.82. The van der Waals surface area contributed by atoms with Crippen LogP contribution in [0.2, 0.25) is 0 Å². The zero-order valence-electron chi connectivity index (χ0n) is 10.6. The molecule has 1 aromatic carbocycles. The van der Waals surface area contributed by atoms with Crippen molar-refractivity contribution >= 4 is 11.9 Å². The summed E-state index contributed by atoms with van der Waals surface area (Å²) < 4.78 is 0. The van der Waals surface area contributed by atoms with Gasteiger partial charge >= 0.3 is 5.97 Å². The summed E-state index contributed by atoms with van der Waals surface area (Å²) in [5.41, 5.74) is 2.04. The molecule has 0 amide bonds. The van der Waals surface area contributed by atoms with Crippen molar-refractivity contribution in [2.75, 3.05) is 11.9 Å². The van der Waals surface area contributed by atoms with Gasteiger partial charge in [0.2, 0.25) is 5.95 Å². The van der Waals surface area contributed by atoms with E-state index in [1.807, 2.05) is 25.1 Å². The summed E-state index contributed by atoms with van der Waals surface area (Å²) in [7, 11) is 0. The van der Waals surface area contributed by atoms with E-state index in [9.17, 15) is 4.79 Å². The van der Waals surface area contributed by atoms with Crippen molar-refractivity contribution in [3.8, 4) is 0 Å². The molecule has 0 aliphatic heterocycles. The molecule has 0 saturated carbocycles. The lowest BCUT2D eigenvalue weighted by Gasteiger charge is -2.07. The summed E-state index contributed by atoms with van der Waals surface area (Å²) in [5, 5.41) is 12.2. The van der Waals surface area contributed by atoms with Crippen LogP contribution in [0.25, 0.3) is 0 Å². The van der Waals surface area contributed by atoms with Gasteiger partial charge in [-0.15, -0.1) is 0 Å². The molecule has 0 unspecified atom stereocenters. The van der Waals surface area contributed by atoms with Crippen molar-refractivity contribution in [3.63, 3.8) is 0 Å². The highest BCUT2D eigenvalue weighted by Gasteiger charge is 2.08. The van der Waals surface area contributed by atoms with Crippen molar-refractivity contribution in [1.82, 2.24) is 9.97 Å². The van der Waals surface area contributed by atoms with Crippen LogP contribution in [0.15, 0.2) is 36.5 Å². The minimum atomic E-state index is -0.901. The number of nitrogens with zero attached hydrogens (tertiary/aromatic N) is 2. The first-order valence-corrected chi connectivity index (χ1v) is 6.01. The second kappa shape index (κ2) is 5.95. The Kier molecular flexibility index (Phi) is 4.07. The van der Waals surface area contributed by atoms with Crippen molar-refractivity contribution in [3.05, 3.63) is 53.3 Å². The monoisotopic (exact) mass is 257 g/mol. The molecular weight excluding hydrogens is 242 g/mol. The Labute approximate surface area is 111 Å². The van der Waals surface area contributed by atoms with Crippen LogP contribution < -0.4 is 5.32 Å². The van der Waals surface area contributed by atoms with E-state index in [2.05, 4.69) is 15.3 Å². The first-order valence-electron chi connectivity index (χ1n) is 6.01. The number of aromatic carboxylic acids is 1. The van der Waals surface area contributed by atoms with Gasteiger partial charge in [-0.1, -0.05) is 18.2 Å². The molecule has 19 heavy (non-hydrogen) atoms. The van der Waals surface area contributed by atoms with Crippen LogP contribution in [0, 0.1) is 6.92 Å². The van der Waals surface area contributed by atoms with Crippen LogP contribution in [0.3, 0.4) is 0 Å². The lowest BCUT2D eigenvalue weighted by molar-refractivity contribution is 0.0695. The molecule has 0 fully saturated rings. The molecule has 1 heterocycles. The number of hydrogen-bond donors (Lipinski definition) is 2. The number of anilines is 1. The van der Waals surface area contributed by atoms with Gasteiger partial charge in [-0.3, -0.25) is 0 Å². The fourth-order valence-corrected chi connectivity index (χ4v) is 1.79. The number of benzene rings is 1. The predicted octanol–water partition coefficient (Wildman–Crippen LogP) is 2.14. The van der Waals surface area contributed by atoms with Crippen LogP contribution in [-0.4, -0.2) is 27.6 Å². The van der Waals surface area contributed by atoms with Gasteiger partial charge in [0.25, 0.3) is 0 Å². The lowest BCUT2D eigenvalue weighted by atomic mass is 10.0. The normalized spacial score (nSPS) is 10.2. The molecule has 0 radical (unpaired) electrons. The first-order chi connectivity index (χ1) is 9.16. The van der Waals surface area contributed by atoms with Gasteiger partial charge in [0.1, 0.15) is 0 Å². The zero-order valence-corrected chi connectivity index (χ0v) is 10.6. The maximum Gasteiger partial charge on any atom is 0.335 e. The SMILES string of the molecule is Cc1ccnc(NCCc2ccccc2C(=O)O)n1. The third-order valence-electron chi connectivity index (χ3n) is 2.72. The van der Waals surface area contributed by atoms with Crippen LogP contribution in [0.1, 0.15) is 21.6 Å². The fraction of sp³-hybridized carbons (Fsp3) is 0.214. The topological polar surface area (TPSA) is 75.1 Å². The molecule has 2 rings (SSSR count). The summed E-state index contributed by atoms with van der Waals surface area (Å²) in [6.07, 6.45) is 2.30. The van der Waals surface area contributed by atoms with Gasteiger partial charge in [-0.2, -0.15) is 0 Å². The van der Waals surface area contributed by atoms with Gasteiger partial charge in [0, 0.05) is 18.4 Å². The number of aromatic nitrogens is 2. The molecule has 2 aromatic rings. The number of hydrogen-bond acceptors (Lipinski definition) is 4. The molecule has 0 spiro atoms. The Morgan fingerprint density at radius 1 is 1.32 bits per heavy atom. The highest BCUT2D eigenvalue weighted by Crippen LogP contribution is 2.09. The van der Waals surface area contributed by atoms with Crippen LogP contribution in [0.5, 0.6) is 0 Å². The van der Waals surface area contributed by atoms with E-state index in [0.717, 1.165) is 11.3 Å². The highest BCUT2D eigenvalue weighted by molar-refractivity contribution is 5.89. The number of carboxylic acid groups (broad SMARTS) is 1. The Balaban J connectivity index is 1.98. The highest BCUT2D eigenvalue weighted by atomic mass is 16.4. The maximum atomic E-state index is 11.1. The molecule has 5 heteroatoms. The number of rotatable bonds is 5. The molecule has 0 aliphatic carbocycles. The van der Waals surface area contributed by atoms with E-state index >= 15 is 0 Å². The van der Waals surface area contributed by atoms with Crippen LogP contribution in [0.4, 0.5) is 5.95 Å². The molecule has 0 aliphatic rings. The van der Waals surface area contributed by atoms with E-state index in [1.165, 1.54) is 0 Å². The smallest absolute Gasteiger partial charge is 0.335 e. The quantitative estimate of drug-likeness (QED) is 0.858. The second-order valence-electron chi connectivity index (χ2n) is 4.16. The van der Waals surface area contributed by atoms with Gasteiger partial charge in [0.05, 0.1) is 5.56 Å². The van der Waals surface area contributed by atoms with E-state index in [4.69, 9.17) is 5.11 Å². The molecule has 0 bridgehead atoms. The van der Waals surface area contributed by atoms with Crippen LogP contribution >= 0.6 is 0 Å². The zero-order chi connectivity index (χ0) is 13.7. The summed E-state index contributed by atoms with van der Waals surface area (Å²) >= 11 is 0. The summed E-state index contributed by atoms with van der Waals surface area (Å²) in [6.45, 7) is 2.49. The molecule has 0 saturated heterocycles. The van der Waals surface area contributed by atoms with Gasteiger partial charge < -0.3 is 10.4 Å². The maximum absolute atomic E-state index is 11.1. The lowest BCUT2D eigenvalue weighted by Crippen LogP contribution is -2.11. The average Bonchev–Trinajstić information content (AvgIpc) is 2.39. The Morgan fingerprint density at radius 3 is 2.84 bits per heavy atom. The standard InChI is InChI=1S/C14H15N3O2/c1-10-6-8-15-14(17-10)16-9-7-11-4-2-3-5-12(11)13(18)19/h2-6,8H,7,9H2,1H3,(H,18,19)(H,15,16,17). The second-order valence-corrected chi connectivity index (χ2v) is 4.16. The predicted molar refractivity (Wildman–Crippen MR) is 72.4 cm³/mol. The third-order valence-corrected chi connectivity index (χ3v) is 2.72. The first kappa shape index (κ1) is 13.0. The fourth-order valence-electron chi connectivity index (χ4n) is 1.79. The van der Waals surface area contributed by atoms with Crippen molar-refractivity contribution in [2.45, 2.75) is 13.3 Å². The van der Waals surface area contributed by atoms with Gasteiger partial charge in [-0.05, 0) is 31.0 Å². The van der Waals surface area contributed by atoms with Crippen molar-refractivity contribution in [2.24, 2.45) is 0 Å². The van der Waals surface area contributed by atoms with E-state index in [1.54, 1.807) is 18.3 Å². The summed E-state index contributed by atoms with van der Waals surface area (Å²) in [5.74, 6) is -0.338. The minimum Gasteiger partial charge on any atom is -0.478 e. The van der Waals surface area contributed by atoms with Crippen molar-refractivity contribution in [1.29, 1.82) is 0 Å². The summed E-state index contributed by atoms with van der Waals surface area (Å²) in [4.78, 5) is 19.4. The number of carbonyl (C=O) groups is 1. The van der Waals surface area contributed by atoms with E-state index < -0.39 is 5.97 Å². The third kappa shape index (κ3) is 3.51. The number of nitrogens with one attached hydrogen (secondary N) is 1. The molecule has 98 valence electrons. The molecule has 2 N–H and O–H groups in total. The molecular formula is C14H15N3O2. The largest absolute Gasteiger partial charge is 0.478 e. The average molecular weight is 257 g/mol. The van der Waals surface area contributed by atoms with Gasteiger partial charge in [-0.25, -0.2) is 14.8 Å². The Morgan fingerprint density at radius 2 is 2.11 bits per heavy atom. The Hall–Kier alpha value is -2.43. The van der Waals surface area contributed by atoms with Crippen molar-refractivity contribution < 1.29 is 9.90 Å². The van der Waals surface area contributed by atoms with E-state index in [-0.39, 0.29) is 0 Å². The molecule has 5 nitrogen and oxygen atoms in total. The van der Waals surface area contributed by atoms with Gasteiger partial charge in [0.15, 0.2) is 0 Å². The minimum absolute atomic E-state index is 0.342. The molecule has 1 aromatic heterocycles. The Bertz CT molecular complexity index is 584. The van der Waals surface area contributed by atoms with E-state index in [0.29, 0.717) is 24.5 Å². The number of aryl methyl sites for hydroxylation is 1.